The van der Waals surface area contributed by atoms with Crippen LogP contribution in [0.3, 0.4) is 0 Å². The number of anilines is 1. The number of halogens is 3. The first kappa shape index (κ1) is 24.0. The van der Waals surface area contributed by atoms with E-state index in [4.69, 9.17) is 51.8 Å². The minimum atomic E-state index is -1.91. The van der Waals surface area contributed by atoms with E-state index in [9.17, 15) is 9.59 Å². The summed E-state index contributed by atoms with van der Waals surface area (Å²) in [5.74, 6) is -1.04. The zero-order valence-electron chi connectivity index (χ0n) is 15.7. The second-order valence-corrected chi connectivity index (χ2v) is 8.64. The molecule has 0 aliphatic rings. The highest BCUT2D eigenvalue weighted by atomic mass is 35.6. The van der Waals surface area contributed by atoms with Crippen LogP contribution in [0.5, 0.6) is 0 Å². The maximum Gasteiger partial charge on any atom is 0.339 e. The van der Waals surface area contributed by atoms with Crippen LogP contribution < -0.4 is 16.0 Å². The summed E-state index contributed by atoms with van der Waals surface area (Å²) in [5, 5.41) is 8.12. The lowest BCUT2D eigenvalue weighted by Gasteiger charge is -2.27. The molecule has 30 heavy (non-hydrogen) atoms. The molecule has 0 aliphatic carbocycles. The Labute approximate surface area is 194 Å². The summed E-state index contributed by atoms with van der Waals surface area (Å²) in [6.45, 7) is 0. The predicted octanol–water partition coefficient (Wildman–Crippen LogP) is 4.29. The highest BCUT2D eigenvalue weighted by Crippen LogP contribution is 2.29. The number of benzene rings is 2. The smallest absolute Gasteiger partial charge is 0.339 e. The fourth-order valence-electron chi connectivity index (χ4n) is 2.30. The Morgan fingerprint density at radius 1 is 1.03 bits per heavy atom. The molecule has 0 radical (unpaired) electrons. The van der Waals surface area contributed by atoms with Gasteiger partial charge in [0.05, 0.1) is 18.4 Å². The number of esters is 1. The summed E-state index contributed by atoms with van der Waals surface area (Å²) in [7, 11) is 1.27. The number of ether oxygens (including phenoxy) is 1. The number of para-hydroxylation sites is 1. The van der Waals surface area contributed by atoms with Crippen molar-refractivity contribution in [1.29, 1.82) is 0 Å². The average Bonchev–Trinajstić information content (AvgIpc) is 2.71. The van der Waals surface area contributed by atoms with Crippen molar-refractivity contribution >= 4 is 75.8 Å². The molecule has 0 unspecified atom stereocenters. The van der Waals surface area contributed by atoms with E-state index in [1.54, 1.807) is 30.3 Å². The Morgan fingerprint density at radius 2 is 1.67 bits per heavy atom. The molecular formula is C20H18Cl3N3O3S. The van der Waals surface area contributed by atoms with Crippen molar-refractivity contribution in [3.05, 3.63) is 71.8 Å². The van der Waals surface area contributed by atoms with Crippen LogP contribution in [0.1, 0.15) is 15.9 Å². The molecule has 1 atom stereocenters. The SMILES string of the molecule is COC(=O)c1ccccc1NC(=S)N[C@@H](NC(=O)/C=C/c1ccccc1)C(Cl)(Cl)Cl. The van der Waals surface area contributed by atoms with Gasteiger partial charge in [-0.3, -0.25) is 4.79 Å². The normalized spacial score (nSPS) is 12.1. The first-order valence-electron chi connectivity index (χ1n) is 8.56. The van der Waals surface area contributed by atoms with Gasteiger partial charge in [0, 0.05) is 6.08 Å². The number of thiocarbonyl (C=S) groups is 1. The Morgan fingerprint density at radius 3 is 2.30 bits per heavy atom. The van der Waals surface area contributed by atoms with Crippen molar-refractivity contribution < 1.29 is 14.3 Å². The minimum absolute atomic E-state index is 0.0232. The van der Waals surface area contributed by atoms with Crippen LogP contribution in [-0.4, -0.2) is 34.1 Å². The Kier molecular flexibility index (Phi) is 8.92. The second kappa shape index (κ2) is 11.2. The standard InChI is InChI=1S/C20H18Cl3N3O3S/c1-29-17(28)14-9-5-6-10-15(14)24-19(30)26-18(20(21,22)23)25-16(27)12-11-13-7-3-2-4-8-13/h2-12,18H,1H3,(H,25,27)(H2,24,26,30)/b12-11+/t18-/m1/s1. The summed E-state index contributed by atoms with van der Waals surface area (Å²) in [4.78, 5) is 24.1. The maximum atomic E-state index is 12.3. The third-order valence-electron chi connectivity index (χ3n) is 3.70. The summed E-state index contributed by atoms with van der Waals surface area (Å²) in [5.41, 5.74) is 1.49. The van der Waals surface area contributed by atoms with Crippen molar-refractivity contribution in [3.63, 3.8) is 0 Å². The number of hydrogen-bond donors (Lipinski definition) is 3. The van der Waals surface area contributed by atoms with Crippen LogP contribution in [-0.2, 0) is 9.53 Å². The molecule has 0 bridgehead atoms. The number of alkyl halides is 3. The molecule has 0 heterocycles. The fraction of sp³-hybridized carbons (Fsp3) is 0.150. The molecule has 0 fully saturated rings. The zero-order valence-corrected chi connectivity index (χ0v) is 18.8. The quantitative estimate of drug-likeness (QED) is 0.186. The van der Waals surface area contributed by atoms with Crippen LogP contribution in [0.2, 0.25) is 0 Å². The van der Waals surface area contributed by atoms with Crippen molar-refractivity contribution in [2.24, 2.45) is 0 Å². The molecule has 2 aromatic carbocycles. The maximum absolute atomic E-state index is 12.3. The van der Waals surface area contributed by atoms with Crippen molar-refractivity contribution in [3.8, 4) is 0 Å². The van der Waals surface area contributed by atoms with Crippen LogP contribution in [0.4, 0.5) is 5.69 Å². The highest BCUT2D eigenvalue weighted by Gasteiger charge is 2.34. The lowest BCUT2D eigenvalue weighted by Crippen LogP contribution is -2.55. The molecule has 0 saturated carbocycles. The lowest BCUT2D eigenvalue weighted by molar-refractivity contribution is -0.117. The average molecular weight is 487 g/mol. The van der Waals surface area contributed by atoms with E-state index in [0.717, 1.165) is 5.56 Å². The van der Waals surface area contributed by atoms with E-state index in [2.05, 4.69) is 16.0 Å². The van der Waals surface area contributed by atoms with E-state index < -0.39 is 21.8 Å². The molecule has 0 saturated heterocycles. The Bertz CT molecular complexity index is 934. The summed E-state index contributed by atoms with van der Waals surface area (Å²) in [6, 6.07) is 15.8. The van der Waals surface area contributed by atoms with Gasteiger partial charge in [-0.1, -0.05) is 77.3 Å². The number of rotatable bonds is 6. The van der Waals surface area contributed by atoms with Gasteiger partial charge in [0.15, 0.2) is 5.11 Å². The molecule has 0 aliphatic heterocycles. The van der Waals surface area contributed by atoms with Crippen LogP contribution >= 0.6 is 47.0 Å². The first-order valence-corrected chi connectivity index (χ1v) is 10.1. The van der Waals surface area contributed by atoms with Gasteiger partial charge in [0.1, 0.15) is 6.17 Å². The van der Waals surface area contributed by atoms with Gasteiger partial charge in [-0.15, -0.1) is 0 Å². The van der Waals surface area contributed by atoms with Crippen molar-refractivity contribution in [2.45, 2.75) is 9.96 Å². The van der Waals surface area contributed by atoms with Gasteiger partial charge in [-0.25, -0.2) is 4.79 Å². The van der Waals surface area contributed by atoms with Gasteiger partial charge < -0.3 is 20.7 Å². The summed E-state index contributed by atoms with van der Waals surface area (Å²) >= 11 is 23.2. The van der Waals surface area contributed by atoms with Gasteiger partial charge in [-0.2, -0.15) is 0 Å². The number of carbonyl (C=O) groups excluding carboxylic acids is 2. The Hall–Kier alpha value is -2.32. The van der Waals surface area contributed by atoms with Crippen molar-refractivity contribution in [1.82, 2.24) is 10.6 Å². The molecule has 0 aromatic heterocycles. The second-order valence-electron chi connectivity index (χ2n) is 5.86. The van der Waals surface area contributed by atoms with Crippen molar-refractivity contribution in [2.75, 3.05) is 12.4 Å². The van der Waals surface area contributed by atoms with Gasteiger partial charge in [-0.05, 0) is 36.0 Å². The summed E-state index contributed by atoms with van der Waals surface area (Å²) in [6.07, 6.45) is 1.78. The molecule has 158 valence electrons. The fourth-order valence-corrected chi connectivity index (χ4v) is 2.85. The predicted molar refractivity (Wildman–Crippen MR) is 125 cm³/mol. The number of hydrogen-bond acceptors (Lipinski definition) is 4. The van der Waals surface area contributed by atoms with E-state index >= 15 is 0 Å². The van der Waals surface area contributed by atoms with E-state index in [1.807, 2.05) is 30.3 Å². The molecule has 10 heteroatoms. The van der Waals surface area contributed by atoms with Gasteiger partial charge >= 0.3 is 5.97 Å². The highest BCUT2D eigenvalue weighted by molar-refractivity contribution is 7.80. The molecular weight excluding hydrogens is 469 g/mol. The van der Waals surface area contributed by atoms with Crippen LogP contribution in [0, 0.1) is 0 Å². The van der Waals surface area contributed by atoms with Crippen LogP contribution in [0.25, 0.3) is 6.08 Å². The number of methoxy groups -OCH3 is 1. The number of amides is 1. The topological polar surface area (TPSA) is 79.5 Å². The monoisotopic (exact) mass is 485 g/mol. The van der Waals surface area contributed by atoms with Gasteiger partial charge in [0.2, 0.25) is 9.70 Å². The lowest BCUT2D eigenvalue weighted by atomic mass is 10.2. The minimum Gasteiger partial charge on any atom is -0.465 e. The van der Waals surface area contributed by atoms with Crippen LogP contribution in [0.15, 0.2) is 60.7 Å². The molecule has 2 aromatic rings. The van der Waals surface area contributed by atoms with Gasteiger partial charge in [0.25, 0.3) is 0 Å². The Balaban J connectivity index is 2.06. The van der Waals surface area contributed by atoms with E-state index in [1.165, 1.54) is 13.2 Å². The summed E-state index contributed by atoms with van der Waals surface area (Å²) < 4.78 is 2.83. The molecule has 6 nitrogen and oxygen atoms in total. The largest absolute Gasteiger partial charge is 0.465 e. The first-order chi connectivity index (χ1) is 14.2. The number of carbonyl (C=O) groups is 2. The molecule has 2 rings (SSSR count). The molecule has 1 amide bonds. The molecule has 3 N–H and O–H groups in total. The zero-order chi connectivity index (χ0) is 22.1. The molecule has 0 spiro atoms. The van der Waals surface area contributed by atoms with E-state index in [0.29, 0.717) is 5.69 Å². The number of nitrogens with one attached hydrogen (secondary N) is 3. The third kappa shape index (κ3) is 7.50. The van der Waals surface area contributed by atoms with E-state index in [-0.39, 0.29) is 10.7 Å². The third-order valence-corrected chi connectivity index (χ3v) is 4.57.